The van der Waals surface area contributed by atoms with E-state index in [1.165, 1.54) is 0 Å². The van der Waals surface area contributed by atoms with E-state index in [4.69, 9.17) is 0 Å². The molecule has 470 valence electrons. The Bertz CT molecular complexity index is 4220. The molecule has 0 aliphatic carbocycles. The number of benzene rings is 15. The van der Waals surface area contributed by atoms with E-state index in [0.717, 1.165) is 119 Å². The fourth-order valence-corrected chi connectivity index (χ4v) is 13.0. The number of rotatable bonds is 22. The zero-order valence-corrected chi connectivity index (χ0v) is 54.1. The quantitative estimate of drug-likeness (QED) is 0.0724. The number of anilines is 19. The summed E-state index contributed by atoms with van der Waals surface area (Å²) in [6.45, 7) is 0. The first-order chi connectivity index (χ1) is 48.6. The van der Waals surface area contributed by atoms with Gasteiger partial charge in [-0.05, 0) is 242 Å². The van der Waals surface area contributed by atoms with Gasteiger partial charge in [0.15, 0.2) is 0 Å². The third-order valence-corrected chi connectivity index (χ3v) is 17.6. The molecule has 0 saturated carbocycles. The Morgan fingerprint density at radius 1 is 0.133 bits per heavy atom. The standard InChI is InChI=1S/C91H71N7/c1-10-28-72(29-11-1)92-91(70-46-50-81(51-47-70)97(87-62-54-83(55-63-87)93(73-30-12-2-13-31-73)74-32-14-3-15-33-74)88-64-56-84(57-65-88)94(75-34-16-4-17-35-75)76-36-18-5-19-37-76)71-48-52-82(53-49-71)98(89-66-58-85(59-67-89)95(77-38-20-6-21-39-77)78-40-22-7-23-41-78)90-68-60-86(61-69-90)96(79-42-24-8-25-43-79)80-44-26-9-27-45-80/h1-69,91-92H. The molecular formula is C91H71N7. The van der Waals surface area contributed by atoms with E-state index in [2.05, 4.69) is 453 Å². The van der Waals surface area contributed by atoms with Gasteiger partial charge in [-0.25, -0.2) is 0 Å². The van der Waals surface area contributed by atoms with Gasteiger partial charge in [-0.15, -0.1) is 0 Å². The van der Waals surface area contributed by atoms with Crippen LogP contribution in [0.4, 0.5) is 108 Å². The van der Waals surface area contributed by atoms with E-state index < -0.39 is 0 Å². The molecular weight excluding hydrogens is 1190 g/mol. The number of hydrogen-bond donors (Lipinski definition) is 1. The van der Waals surface area contributed by atoms with Crippen LogP contribution < -0.4 is 34.7 Å². The summed E-state index contributed by atoms with van der Waals surface area (Å²) in [5.41, 5.74) is 22.3. The number of para-hydroxylation sites is 9. The smallest absolute Gasteiger partial charge is 0.0767 e. The minimum absolute atomic E-state index is 0.215. The van der Waals surface area contributed by atoms with Gasteiger partial charge in [0, 0.05) is 108 Å². The Labute approximate surface area is 575 Å². The highest BCUT2D eigenvalue weighted by atomic mass is 15.2. The molecule has 0 radical (unpaired) electrons. The van der Waals surface area contributed by atoms with Gasteiger partial charge in [-0.1, -0.05) is 188 Å². The molecule has 0 aliphatic heterocycles. The summed E-state index contributed by atoms with van der Waals surface area (Å²) in [5, 5.41) is 3.96. The van der Waals surface area contributed by atoms with Crippen molar-refractivity contribution in [3.8, 4) is 0 Å². The Morgan fingerprint density at radius 2 is 0.255 bits per heavy atom. The topological polar surface area (TPSA) is 31.5 Å². The third-order valence-electron chi connectivity index (χ3n) is 17.6. The molecule has 0 heterocycles. The minimum Gasteiger partial charge on any atom is -0.374 e. The first-order valence-electron chi connectivity index (χ1n) is 33.3. The molecule has 0 spiro atoms. The van der Waals surface area contributed by atoms with Crippen LogP contribution in [0.5, 0.6) is 0 Å². The molecule has 0 saturated heterocycles. The summed E-state index contributed by atoms with van der Waals surface area (Å²) in [6.07, 6.45) is 0. The molecule has 15 rings (SSSR count). The molecule has 0 amide bonds. The molecule has 7 heteroatoms. The number of nitrogens with zero attached hydrogens (tertiary/aromatic N) is 6. The van der Waals surface area contributed by atoms with Gasteiger partial charge in [0.2, 0.25) is 0 Å². The molecule has 98 heavy (non-hydrogen) atoms. The van der Waals surface area contributed by atoms with E-state index in [0.29, 0.717) is 0 Å². The van der Waals surface area contributed by atoms with Crippen molar-refractivity contribution in [1.82, 2.24) is 0 Å². The van der Waals surface area contributed by atoms with Gasteiger partial charge >= 0.3 is 0 Å². The maximum absolute atomic E-state index is 3.96. The van der Waals surface area contributed by atoms with Crippen molar-refractivity contribution < 1.29 is 0 Å². The molecule has 0 aliphatic rings. The molecule has 0 atom stereocenters. The molecule has 15 aromatic carbocycles. The largest absolute Gasteiger partial charge is 0.374 e. The van der Waals surface area contributed by atoms with Crippen molar-refractivity contribution in [2.75, 3.05) is 34.7 Å². The van der Waals surface area contributed by atoms with Gasteiger partial charge in [-0.3, -0.25) is 0 Å². The molecule has 1 N–H and O–H groups in total. The summed E-state index contributed by atoms with van der Waals surface area (Å²) in [5.74, 6) is 0. The van der Waals surface area contributed by atoms with Gasteiger partial charge in [0.25, 0.3) is 0 Å². The minimum atomic E-state index is -0.215. The lowest BCUT2D eigenvalue weighted by atomic mass is 9.97. The summed E-state index contributed by atoms with van der Waals surface area (Å²) in [4.78, 5) is 13.9. The summed E-state index contributed by atoms with van der Waals surface area (Å²) >= 11 is 0. The first kappa shape index (κ1) is 61.1. The maximum Gasteiger partial charge on any atom is 0.0767 e. The van der Waals surface area contributed by atoms with E-state index in [1.54, 1.807) is 0 Å². The fourth-order valence-electron chi connectivity index (χ4n) is 13.0. The van der Waals surface area contributed by atoms with Crippen molar-refractivity contribution in [2.45, 2.75) is 6.04 Å². The second-order valence-corrected chi connectivity index (χ2v) is 23.9. The molecule has 0 bridgehead atoms. The van der Waals surface area contributed by atoms with Crippen molar-refractivity contribution in [3.05, 3.63) is 430 Å². The molecule has 0 unspecified atom stereocenters. The molecule has 0 aromatic heterocycles. The zero-order chi connectivity index (χ0) is 65.7. The predicted molar refractivity (Wildman–Crippen MR) is 413 cm³/mol. The Balaban J connectivity index is 0.800. The summed E-state index contributed by atoms with van der Waals surface area (Å²) in [6, 6.07) is 149. The number of nitrogens with one attached hydrogen (secondary N) is 1. The predicted octanol–water partition coefficient (Wildman–Crippen LogP) is 25.7. The van der Waals surface area contributed by atoms with Crippen molar-refractivity contribution >= 4 is 108 Å². The van der Waals surface area contributed by atoms with Gasteiger partial charge in [0.1, 0.15) is 0 Å². The summed E-state index contributed by atoms with van der Waals surface area (Å²) in [7, 11) is 0. The van der Waals surface area contributed by atoms with E-state index in [1.807, 2.05) is 0 Å². The average Bonchev–Trinajstić information content (AvgIpc) is 0.867. The van der Waals surface area contributed by atoms with Crippen LogP contribution in [-0.2, 0) is 0 Å². The SMILES string of the molecule is c1ccc(NC(c2ccc(N(c3ccc(N(c4ccccc4)c4ccccc4)cc3)c3ccc(N(c4ccccc4)c4ccccc4)cc3)cc2)c2ccc(N(c3ccc(N(c4ccccc4)c4ccccc4)cc3)c3ccc(N(c4ccccc4)c4ccccc4)cc3)cc2)cc1. The van der Waals surface area contributed by atoms with Gasteiger partial charge < -0.3 is 34.7 Å². The van der Waals surface area contributed by atoms with Crippen LogP contribution in [0.15, 0.2) is 419 Å². The van der Waals surface area contributed by atoms with Crippen LogP contribution in [0.25, 0.3) is 0 Å². The van der Waals surface area contributed by atoms with E-state index in [-0.39, 0.29) is 6.04 Å². The van der Waals surface area contributed by atoms with Crippen LogP contribution in [0.1, 0.15) is 17.2 Å². The van der Waals surface area contributed by atoms with Crippen LogP contribution in [-0.4, -0.2) is 0 Å². The van der Waals surface area contributed by atoms with Crippen LogP contribution in [0.3, 0.4) is 0 Å². The lowest BCUT2D eigenvalue weighted by Gasteiger charge is -2.30. The van der Waals surface area contributed by atoms with Crippen molar-refractivity contribution in [1.29, 1.82) is 0 Å². The van der Waals surface area contributed by atoms with Crippen LogP contribution >= 0.6 is 0 Å². The highest BCUT2D eigenvalue weighted by molar-refractivity contribution is 5.86. The van der Waals surface area contributed by atoms with Crippen molar-refractivity contribution in [2.24, 2.45) is 0 Å². The molecule has 7 nitrogen and oxygen atoms in total. The Morgan fingerprint density at radius 3 is 0.408 bits per heavy atom. The van der Waals surface area contributed by atoms with E-state index in [9.17, 15) is 0 Å². The monoisotopic (exact) mass is 1260 g/mol. The third kappa shape index (κ3) is 13.5. The maximum atomic E-state index is 3.96. The second-order valence-electron chi connectivity index (χ2n) is 23.9. The average molecular weight is 1260 g/mol. The fraction of sp³-hybridized carbons (Fsp3) is 0.0110. The Hall–Kier alpha value is -13.1. The van der Waals surface area contributed by atoms with Crippen LogP contribution in [0.2, 0.25) is 0 Å². The lowest BCUT2D eigenvalue weighted by molar-refractivity contribution is 0.939. The highest BCUT2D eigenvalue weighted by Gasteiger charge is 2.23. The van der Waals surface area contributed by atoms with Crippen molar-refractivity contribution in [3.63, 3.8) is 0 Å². The van der Waals surface area contributed by atoms with Gasteiger partial charge in [-0.2, -0.15) is 0 Å². The molecule has 0 fully saturated rings. The lowest BCUT2D eigenvalue weighted by Crippen LogP contribution is -2.15. The Kier molecular flexibility index (Phi) is 18.1. The molecule has 15 aromatic rings. The zero-order valence-electron chi connectivity index (χ0n) is 54.1. The first-order valence-corrected chi connectivity index (χ1v) is 33.3. The second kappa shape index (κ2) is 29.0. The number of hydrogen-bond acceptors (Lipinski definition) is 7. The summed E-state index contributed by atoms with van der Waals surface area (Å²) < 4.78 is 0. The van der Waals surface area contributed by atoms with Gasteiger partial charge in [0.05, 0.1) is 6.04 Å². The van der Waals surface area contributed by atoms with E-state index >= 15 is 0 Å². The normalized spacial score (nSPS) is 10.9. The van der Waals surface area contributed by atoms with Crippen LogP contribution in [0, 0.1) is 0 Å². The highest BCUT2D eigenvalue weighted by Crippen LogP contribution is 2.45.